The SMILES string of the molecule is COc1cc(F)ccc1N(C1CCC(N(C)c2c(C#N)c(=O)n(C)c3ccc(Cl)cc23)CC1)C1CC1. The lowest BCUT2D eigenvalue weighted by molar-refractivity contribution is 0.360. The summed E-state index contributed by atoms with van der Waals surface area (Å²) in [4.78, 5) is 17.5. The Kier molecular flexibility index (Phi) is 6.57. The van der Waals surface area contributed by atoms with Crippen molar-refractivity contribution in [1.82, 2.24) is 4.57 Å². The molecule has 0 amide bonds. The number of hydrogen-bond donors (Lipinski definition) is 0. The molecule has 2 fully saturated rings. The Morgan fingerprint density at radius 2 is 1.69 bits per heavy atom. The number of fused-ring (bicyclic) bond motifs is 1. The monoisotopic (exact) mass is 508 g/mol. The first kappa shape index (κ1) is 24.5. The molecule has 2 aliphatic rings. The Bertz CT molecular complexity index is 1400. The van der Waals surface area contributed by atoms with E-state index in [1.165, 1.54) is 16.7 Å². The van der Waals surface area contributed by atoms with Crippen LogP contribution >= 0.6 is 11.6 Å². The van der Waals surface area contributed by atoms with Gasteiger partial charge in [-0.05, 0) is 68.9 Å². The molecule has 3 aromatic rings. The van der Waals surface area contributed by atoms with Gasteiger partial charge in [0.25, 0.3) is 5.56 Å². The smallest absolute Gasteiger partial charge is 0.270 e. The van der Waals surface area contributed by atoms with Gasteiger partial charge in [0.15, 0.2) is 0 Å². The topological polar surface area (TPSA) is 61.5 Å². The molecule has 2 saturated carbocycles. The van der Waals surface area contributed by atoms with Crippen LogP contribution in [0.3, 0.4) is 0 Å². The molecule has 1 aromatic heterocycles. The van der Waals surface area contributed by atoms with E-state index >= 15 is 0 Å². The predicted octanol–water partition coefficient (Wildman–Crippen LogP) is 5.63. The van der Waals surface area contributed by atoms with Gasteiger partial charge < -0.3 is 19.1 Å². The Balaban J connectivity index is 1.43. The zero-order chi connectivity index (χ0) is 25.6. The number of rotatable bonds is 6. The first-order valence-electron chi connectivity index (χ1n) is 12.4. The zero-order valence-corrected chi connectivity index (χ0v) is 21.6. The summed E-state index contributed by atoms with van der Waals surface area (Å²) < 4.78 is 20.9. The maximum Gasteiger partial charge on any atom is 0.270 e. The molecule has 0 N–H and O–H groups in total. The number of nitrogens with zero attached hydrogens (tertiary/aromatic N) is 4. The van der Waals surface area contributed by atoms with E-state index in [2.05, 4.69) is 15.9 Å². The van der Waals surface area contributed by atoms with Crippen molar-refractivity contribution < 1.29 is 9.13 Å². The average molecular weight is 509 g/mol. The molecule has 2 aliphatic carbocycles. The number of hydrogen-bond acceptors (Lipinski definition) is 5. The molecule has 6 nitrogen and oxygen atoms in total. The molecule has 0 aliphatic heterocycles. The second-order valence-electron chi connectivity index (χ2n) is 9.89. The van der Waals surface area contributed by atoms with Crippen LogP contribution in [0, 0.1) is 17.1 Å². The van der Waals surface area contributed by atoms with Crippen LogP contribution in [-0.2, 0) is 7.05 Å². The minimum atomic E-state index is -0.300. The molecule has 0 spiro atoms. The summed E-state index contributed by atoms with van der Waals surface area (Å²) in [5.74, 6) is 0.273. The summed E-state index contributed by atoms with van der Waals surface area (Å²) in [5, 5.41) is 11.3. The highest BCUT2D eigenvalue weighted by Gasteiger charge is 2.38. The number of ether oxygens (including phenoxy) is 1. The van der Waals surface area contributed by atoms with E-state index in [0.29, 0.717) is 28.5 Å². The van der Waals surface area contributed by atoms with E-state index in [1.807, 2.05) is 25.2 Å². The third-order valence-corrected chi connectivity index (χ3v) is 8.00. The van der Waals surface area contributed by atoms with Crippen LogP contribution in [0.1, 0.15) is 44.1 Å². The van der Waals surface area contributed by atoms with Crippen molar-refractivity contribution in [2.75, 3.05) is 24.0 Å². The van der Waals surface area contributed by atoms with Gasteiger partial charge in [0.2, 0.25) is 0 Å². The Labute approximate surface area is 215 Å². The van der Waals surface area contributed by atoms with Crippen LogP contribution in [0.5, 0.6) is 5.75 Å². The van der Waals surface area contributed by atoms with Gasteiger partial charge in [0.1, 0.15) is 23.2 Å². The van der Waals surface area contributed by atoms with Crippen LogP contribution in [0.2, 0.25) is 5.02 Å². The quantitative estimate of drug-likeness (QED) is 0.432. The minimum absolute atomic E-state index is 0.146. The summed E-state index contributed by atoms with van der Waals surface area (Å²) in [7, 11) is 5.25. The summed E-state index contributed by atoms with van der Waals surface area (Å²) in [5.41, 5.74) is 2.21. The number of pyridine rings is 1. The second kappa shape index (κ2) is 9.67. The van der Waals surface area contributed by atoms with Crippen LogP contribution in [0.15, 0.2) is 41.2 Å². The van der Waals surface area contributed by atoms with E-state index in [9.17, 15) is 14.4 Å². The molecule has 5 rings (SSSR count). The maximum absolute atomic E-state index is 13.9. The number of benzene rings is 2. The lowest BCUT2D eigenvalue weighted by Crippen LogP contribution is -2.45. The van der Waals surface area contributed by atoms with Crippen molar-refractivity contribution in [1.29, 1.82) is 5.26 Å². The number of halogens is 2. The highest BCUT2D eigenvalue weighted by Crippen LogP contribution is 2.43. The minimum Gasteiger partial charge on any atom is -0.494 e. The number of methoxy groups -OCH3 is 1. The fraction of sp³-hybridized carbons (Fsp3) is 0.429. The van der Waals surface area contributed by atoms with Gasteiger partial charge in [-0.3, -0.25) is 4.79 Å². The highest BCUT2D eigenvalue weighted by molar-refractivity contribution is 6.31. The fourth-order valence-corrected chi connectivity index (χ4v) is 5.96. The van der Waals surface area contributed by atoms with Crippen LogP contribution in [0.4, 0.5) is 15.8 Å². The van der Waals surface area contributed by atoms with E-state index in [0.717, 1.165) is 55.1 Å². The van der Waals surface area contributed by atoms with Crippen LogP contribution in [-0.4, -0.2) is 36.9 Å². The fourth-order valence-electron chi connectivity index (χ4n) is 5.79. The third-order valence-electron chi connectivity index (χ3n) is 7.76. The number of anilines is 2. The molecule has 8 heteroatoms. The number of aryl methyl sites for hydroxylation is 1. The lowest BCUT2D eigenvalue weighted by Gasteiger charge is -2.42. The van der Waals surface area contributed by atoms with Crippen molar-refractivity contribution in [3.05, 3.63) is 63.2 Å². The molecule has 1 heterocycles. The first-order valence-corrected chi connectivity index (χ1v) is 12.8. The highest BCUT2D eigenvalue weighted by atomic mass is 35.5. The average Bonchev–Trinajstić information content (AvgIpc) is 3.72. The summed E-state index contributed by atoms with van der Waals surface area (Å²) in [6, 6.07) is 13.3. The summed E-state index contributed by atoms with van der Waals surface area (Å²) in [6.45, 7) is 0. The van der Waals surface area contributed by atoms with Crippen molar-refractivity contribution >= 4 is 33.9 Å². The van der Waals surface area contributed by atoms with Crippen molar-refractivity contribution in [2.24, 2.45) is 7.05 Å². The predicted molar refractivity (Wildman–Crippen MR) is 142 cm³/mol. The second-order valence-corrected chi connectivity index (χ2v) is 10.3. The third kappa shape index (κ3) is 4.28. The molecule has 0 unspecified atom stereocenters. The standard InChI is InChI=1S/C28H30ClFN4O2/c1-32(27-22-14-17(29)4-12-24(22)33(2)28(35)23(27)16-31)19-6-8-20(9-7-19)34(21-10-11-21)25-13-5-18(30)15-26(25)36-3/h4-5,12-15,19-21H,6-11H2,1-3H3. The molecule has 2 aromatic carbocycles. The van der Waals surface area contributed by atoms with Crippen molar-refractivity contribution in [2.45, 2.75) is 56.7 Å². The van der Waals surface area contributed by atoms with Crippen LogP contribution in [0.25, 0.3) is 10.9 Å². The molecule has 188 valence electrons. The molecule has 0 atom stereocenters. The lowest BCUT2D eigenvalue weighted by atomic mass is 9.88. The first-order chi connectivity index (χ1) is 17.3. The normalized spacial score (nSPS) is 19.7. The molecular formula is C28H30ClFN4O2. The van der Waals surface area contributed by atoms with Crippen LogP contribution < -0.4 is 20.1 Å². The maximum atomic E-state index is 13.9. The molecular weight excluding hydrogens is 479 g/mol. The van der Waals surface area contributed by atoms with E-state index in [4.69, 9.17) is 16.3 Å². The van der Waals surface area contributed by atoms with Gasteiger partial charge in [0.05, 0.1) is 24.0 Å². The van der Waals surface area contributed by atoms with E-state index < -0.39 is 0 Å². The number of nitriles is 1. The Morgan fingerprint density at radius 3 is 2.31 bits per heavy atom. The van der Waals surface area contributed by atoms with E-state index in [1.54, 1.807) is 20.2 Å². The van der Waals surface area contributed by atoms with Gasteiger partial charge in [0, 0.05) is 48.7 Å². The van der Waals surface area contributed by atoms with Gasteiger partial charge in [-0.25, -0.2) is 4.39 Å². The van der Waals surface area contributed by atoms with Crippen molar-refractivity contribution in [3.63, 3.8) is 0 Å². The van der Waals surface area contributed by atoms with Gasteiger partial charge in [-0.2, -0.15) is 5.26 Å². The Hall–Kier alpha value is -3.24. The zero-order valence-electron chi connectivity index (χ0n) is 20.8. The summed E-state index contributed by atoms with van der Waals surface area (Å²) >= 11 is 6.32. The molecule has 36 heavy (non-hydrogen) atoms. The van der Waals surface area contributed by atoms with Crippen molar-refractivity contribution in [3.8, 4) is 11.8 Å². The number of aromatic nitrogens is 1. The summed E-state index contributed by atoms with van der Waals surface area (Å²) in [6.07, 6.45) is 6.00. The molecule has 0 bridgehead atoms. The van der Waals surface area contributed by atoms with E-state index in [-0.39, 0.29) is 23.0 Å². The van der Waals surface area contributed by atoms with Gasteiger partial charge in [-0.15, -0.1) is 0 Å². The Morgan fingerprint density at radius 1 is 1.06 bits per heavy atom. The van der Waals surface area contributed by atoms with Gasteiger partial charge >= 0.3 is 0 Å². The molecule has 0 saturated heterocycles. The van der Waals surface area contributed by atoms with Gasteiger partial charge in [-0.1, -0.05) is 11.6 Å². The molecule has 0 radical (unpaired) electrons. The largest absolute Gasteiger partial charge is 0.494 e.